The number of aliphatic carboxylic acids is 2. The Bertz CT molecular complexity index is 545. The molecule has 20 heavy (non-hydrogen) atoms. The van der Waals surface area contributed by atoms with E-state index in [9.17, 15) is 23.9 Å². The van der Waals surface area contributed by atoms with Crippen LogP contribution >= 0.6 is 0 Å². The molecule has 1 unspecified atom stereocenters. The van der Waals surface area contributed by atoms with Gasteiger partial charge in [-0.15, -0.1) is 0 Å². The van der Waals surface area contributed by atoms with Gasteiger partial charge in [0.05, 0.1) is 5.56 Å². The van der Waals surface area contributed by atoms with Crippen molar-refractivity contribution in [1.82, 2.24) is 5.32 Å². The minimum absolute atomic E-state index is 0.298. The van der Waals surface area contributed by atoms with Crippen molar-refractivity contribution in [2.75, 3.05) is 0 Å². The van der Waals surface area contributed by atoms with Crippen LogP contribution in [0.3, 0.4) is 0 Å². The Morgan fingerprint density at radius 1 is 1.25 bits per heavy atom. The van der Waals surface area contributed by atoms with E-state index in [1.54, 1.807) is 0 Å². The van der Waals surface area contributed by atoms with E-state index in [1.807, 2.05) is 0 Å². The fourth-order valence-corrected chi connectivity index (χ4v) is 1.46. The maximum Gasteiger partial charge on any atom is 0.326 e. The van der Waals surface area contributed by atoms with Crippen LogP contribution in [0.4, 0.5) is 4.39 Å². The van der Waals surface area contributed by atoms with Gasteiger partial charge in [-0.2, -0.15) is 0 Å². The summed E-state index contributed by atoms with van der Waals surface area (Å²) < 4.78 is 12.8. The van der Waals surface area contributed by atoms with Crippen molar-refractivity contribution in [3.8, 4) is 5.75 Å². The minimum atomic E-state index is -1.41. The Balaban J connectivity index is 2.80. The van der Waals surface area contributed by atoms with Gasteiger partial charge in [-0.25, -0.2) is 9.18 Å². The van der Waals surface area contributed by atoms with Crippen molar-refractivity contribution >= 4 is 17.8 Å². The third-order valence-corrected chi connectivity index (χ3v) is 2.45. The third-order valence-electron chi connectivity index (χ3n) is 2.45. The second kappa shape index (κ2) is 6.50. The van der Waals surface area contributed by atoms with Gasteiger partial charge in [-0.05, 0) is 18.6 Å². The van der Waals surface area contributed by atoms with Crippen LogP contribution in [0.1, 0.15) is 23.2 Å². The van der Waals surface area contributed by atoms with Crippen molar-refractivity contribution in [3.05, 3.63) is 29.6 Å². The highest BCUT2D eigenvalue weighted by atomic mass is 19.1. The summed E-state index contributed by atoms with van der Waals surface area (Å²) in [6.45, 7) is 0. The van der Waals surface area contributed by atoms with Crippen molar-refractivity contribution in [1.29, 1.82) is 0 Å². The van der Waals surface area contributed by atoms with E-state index in [0.717, 1.165) is 12.1 Å². The molecule has 0 aliphatic heterocycles. The molecule has 0 heterocycles. The average Bonchev–Trinajstić information content (AvgIpc) is 2.33. The Kier molecular flexibility index (Phi) is 5.01. The lowest BCUT2D eigenvalue weighted by Gasteiger charge is -2.14. The molecule has 108 valence electrons. The summed E-state index contributed by atoms with van der Waals surface area (Å²) in [4.78, 5) is 33.0. The van der Waals surface area contributed by atoms with Gasteiger partial charge in [0.15, 0.2) is 0 Å². The molecule has 1 aromatic carbocycles. The first-order valence-electron chi connectivity index (χ1n) is 5.55. The molecule has 0 radical (unpaired) electrons. The van der Waals surface area contributed by atoms with Gasteiger partial charge in [0.25, 0.3) is 5.91 Å². The van der Waals surface area contributed by atoms with Gasteiger partial charge < -0.3 is 20.6 Å². The molecule has 1 aromatic rings. The number of carbonyl (C=O) groups is 3. The lowest BCUT2D eigenvalue weighted by Crippen LogP contribution is -2.41. The quantitative estimate of drug-likeness (QED) is 0.606. The summed E-state index contributed by atoms with van der Waals surface area (Å²) in [5.41, 5.74) is -0.298. The topological polar surface area (TPSA) is 124 Å². The number of phenolic OH excluding ortho intramolecular Hbond substituents is 1. The molecule has 1 rings (SSSR count). The summed E-state index contributed by atoms with van der Waals surface area (Å²) in [5.74, 6) is -4.92. The number of halogens is 1. The zero-order valence-electron chi connectivity index (χ0n) is 10.2. The van der Waals surface area contributed by atoms with Gasteiger partial charge in [0, 0.05) is 12.5 Å². The van der Waals surface area contributed by atoms with Crippen molar-refractivity contribution in [2.45, 2.75) is 18.9 Å². The molecule has 0 spiro atoms. The van der Waals surface area contributed by atoms with Gasteiger partial charge in [-0.1, -0.05) is 0 Å². The Hall–Kier alpha value is -2.64. The van der Waals surface area contributed by atoms with Crippen molar-refractivity contribution in [2.24, 2.45) is 0 Å². The van der Waals surface area contributed by atoms with Crippen LogP contribution in [0.5, 0.6) is 5.75 Å². The second-order valence-corrected chi connectivity index (χ2v) is 3.96. The molecular formula is C12H12FNO6. The summed E-state index contributed by atoms with van der Waals surface area (Å²) in [6, 6.07) is 1.22. The fraction of sp³-hybridized carbons (Fsp3) is 0.250. The lowest BCUT2D eigenvalue weighted by molar-refractivity contribution is -0.140. The van der Waals surface area contributed by atoms with Crippen LogP contribution in [0.2, 0.25) is 0 Å². The molecular weight excluding hydrogens is 273 g/mol. The molecule has 4 N–H and O–H groups in total. The monoisotopic (exact) mass is 285 g/mol. The predicted molar refractivity (Wildman–Crippen MR) is 63.8 cm³/mol. The molecule has 8 heteroatoms. The molecule has 7 nitrogen and oxygen atoms in total. The number of hydrogen-bond donors (Lipinski definition) is 4. The Labute approximate surface area is 112 Å². The number of carboxylic acids is 2. The molecule has 0 aliphatic carbocycles. The highest BCUT2D eigenvalue weighted by Gasteiger charge is 2.23. The van der Waals surface area contributed by atoms with Crippen LogP contribution in [0.25, 0.3) is 0 Å². The van der Waals surface area contributed by atoms with Crippen LogP contribution in [-0.2, 0) is 9.59 Å². The first-order chi connectivity index (χ1) is 9.31. The van der Waals surface area contributed by atoms with Gasteiger partial charge >= 0.3 is 11.9 Å². The van der Waals surface area contributed by atoms with Crippen LogP contribution in [0, 0.1) is 5.82 Å². The van der Waals surface area contributed by atoms with E-state index in [4.69, 9.17) is 10.2 Å². The summed E-state index contributed by atoms with van der Waals surface area (Å²) >= 11 is 0. The first kappa shape index (κ1) is 15.4. The predicted octanol–water partition coefficient (Wildman–Crippen LogP) is 0.579. The zero-order valence-corrected chi connectivity index (χ0v) is 10.2. The Morgan fingerprint density at radius 3 is 2.40 bits per heavy atom. The molecule has 0 aromatic heterocycles. The highest BCUT2D eigenvalue weighted by molar-refractivity contribution is 5.98. The number of benzene rings is 1. The van der Waals surface area contributed by atoms with E-state index in [-0.39, 0.29) is 12.0 Å². The van der Waals surface area contributed by atoms with Crippen molar-refractivity contribution < 1.29 is 34.1 Å². The van der Waals surface area contributed by atoms with E-state index < -0.39 is 41.9 Å². The number of rotatable bonds is 6. The smallest absolute Gasteiger partial charge is 0.326 e. The lowest BCUT2D eigenvalue weighted by atomic mass is 10.1. The van der Waals surface area contributed by atoms with Gasteiger partial charge in [-0.3, -0.25) is 9.59 Å². The maximum absolute atomic E-state index is 12.8. The van der Waals surface area contributed by atoms with E-state index in [0.29, 0.717) is 6.07 Å². The van der Waals surface area contributed by atoms with Gasteiger partial charge in [0.2, 0.25) is 0 Å². The number of nitrogens with one attached hydrogen (secondary N) is 1. The maximum atomic E-state index is 12.8. The molecule has 0 saturated heterocycles. The molecule has 0 fully saturated rings. The van der Waals surface area contributed by atoms with Crippen LogP contribution in [-0.4, -0.2) is 39.2 Å². The van der Waals surface area contributed by atoms with E-state index in [2.05, 4.69) is 5.32 Å². The standard InChI is InChI=1S/C12H12FNO6/c13-6-1-2-7(9(15)5-6)11(18)14-8(12(19)20)3-4-10(16)17/h1-2,5,8,15H,3-4H2,(H,14,18)(H,16,17)(H,19,20). The number of hydrogen-bond acceptors (Lipinski definition) is 4. The van der Waals surface area contributed by atoms with E-state index in [1.165, 1.54) is 0 Å². The molecule has 0 bridgehead atoms. The summed E-state index contributed by atoms with van der Waals surface area (Å²) in [7, 11) is 0. The average molecular weight is 285 g/mol. The number of aromatic hydroxyl groups is 1. The number of amides is 1. The van der Waals surface area contributed by atoms with Crippen LogP contribution in [0.15, 0.2) is 18.2 Å². The second-order valence-electron chi connectivity index (χ2n) is 3.96. The number of carbonyl (C=O) groups excluding carboxylic acids is 1. The highest BCUT2D eigenvalue weighted by Crippen LogP contribution is 2.18. The summed E-state index contributed by atoms with van der Waals surface area (Å²) in [5, 5.41) is 28.8. The Morgan fingerprint density at radius 2 is 1.90 bits per heavy atom. The largest absolute Gasteiger partial charge is 0.507 e. The number of carboxylic acid groups (broad SMARTS) is 2. The summed E-state index contributed by atoms with van der Waals surface area (Å²) in [6.07, 6.45) is -0.745. The van der Waals surface area contributed by atoms with E-state index >= 15 is 0 Å². The third kappa shape index (κ3) is 4.23. The van der Waals surface area contributed by atoms with Gasteiger partial charge in [0.1, 0.15) is 17.6 Å². The zero-order chi connectivity index (χ0) is 15.3. The van der Waals surface area contributed by atoms with Crippen molar-refractivity contribution in [3.63, 3.8) is 0 Å². The molecule has 0 saturated carbocycles. The number of phenols is 1. The molecule has 1 atom stereocenters. The van der Waals surface area contributed by atoms with Crippen LogP contribution < -0.4 is 5.32 Å². The SMILES string of the molecule is O=C(O)CCC(NC(=O)c1ccc(F)cc1O)C(=O)O. The minimum Gasteiger partial charge on any atom is -0.507 e. The normalized spacial score (nSPS) is 11.7. The molecule has 0 aliphatic rings. The fourth-order valence-electron chi connectivity index (χ4n) is 1.46. The molecule has 1 amide bonds. The first-order valence-corrected chi connectivity index (χ1v) is 5.55.